The standard InChI is InChI=1S/C29H30N2.C26H30N2.C25H28N2.C24H25ClN2.4CH3/c1-5-31(6-2)24-17-15-23(16-18-24)29(22-13-11-21(3)12-14-22)27-19-20-28(30-4)26-10-8-7-9-25(26)27;1-5-27-24-16-12-22(13-17-24)26(21-10-8-20(4)9-11-21)23-14-18-25(19-15-23)28(6-2)7-3;1-5-27(6-2)24-17-13-22(14-18-24)25(20-9-7-19(3)8-10-20)21-11-15-23(26-4)16-12-21;1-16-6-8-18(9-7-16)24(19-10-13-23(26-3)22(25)15-19)21-12-11-20(27(4)5)14-17(21)2;;;;/h7-20,30H,3,5-6H2,1-2,4H3;8-19,27H,4-7H2,1-3H3;7-18,26H,3,5-6H2,1-2,4H3;6-15,26H,1H2,2-5H3;4*1H3/q;;;;4*-1. The number of hydrogen-bond donors (Lipinski definition) is 4. The number of aryl methyl sites for hydroxylation is 1. The second-order valence-corrected chi connectivity index (χ2v) is 28.6. The summed E-state index contributed by atoms with van der Waals surface area (Å²) in [5.41, 5.74) is 25.1. The second kappa shape index (κ2) is 45.8. The van der Waals surface area contributed by atoms with Gasteiger partial charge in [0.15, 0.2) is 0 Å². The summed E-state index contributed by atoms with van der Waals surface area (Å²) in [6, 6.07) is 104. The minimum atomic E-state index is 0. The quantitative estimate of drug-likeness (QED) is 0.0473. The molecule has 0 aliphatic carbocycles. The van der Waals surface area contributed by atoms with Crippen LogP contribution >= 0.6 is 11.6 Å². The predicted octanol–water partition coefficient (Wildman–Crippen LogP) is 20.5. The molecule has 0 aliphatic rings. The highest BCUT2D eigenvalue weighted by Gasteiger charge is 2.17. The minimum absolute atomic E-state index is 0. The molecule has 13 aromatic carbocycles. The molecule has 4 N–H and O–H groups in total. The predicted molar refractivity (Wildman–Crippen MR) is 524 cm³/mol. The van der Waals surface area contributed by atoms with Gasteiger partial charge in [0.1, 0.15) is 0 Å². The fourth-order valence-electron chi connectivity index (χ4n) is 14.5. The third-order valence-corrected chi connectivity index (χ3v) is 21.1. The van der Waals surface area contributed by atoms with Gasteiger partial charge in [-0.05, 0) is 266 Å². The SMILES string of the molecule is C=c1ccc(=C(c2ccc(N(CC)CC)cc2)c2ccc(NC)c3ccccc23)cc1.C=c1ccc(=C(c2ccc(NC)c(Cl)c2)c2ccc(N(C)C)cc2C)cc1.C=c1ccc(=C(c2ccc(NC)cc2)c2ccc(N(CC)CC)cc2)cc1.C=c1ccc(=C(c2ccc(NCC)cc2)c2ccc(N(CC)CC)cc2)cc1.[CH3-].[CH3-].[CH3-].[CH3-]. The van der Waals surface area contributed by atoms with Gasteiger partial charge in [-0.1, -0.05) is 238 Å². The Morgan fingerprint density at radius 2 is 0.615 bits per heavy atom. The van der Waals surface area contributed by atoms with Gasteiger partial charge in [-0.25, -0.2) is 0 Å². The molecule has 9 heteroatoms. The zero-order valence-electron chi connectivity index (χ0n) is 72.7. The summed E-state index contributed by atoms with van der Waals surface area (Å²) in [6.45, 7) is 40.6. The summed E-state index contributed by atoms with van der Waals surface area (Å²) in [5.74, 6) is 0. The van der Waals surface area contributed by atoms with Crippen LogP contribution in [0.5, 0.6) is 0 Å². The lowest BCUT2D eigenvalue weighted by Gasteiger charge is -2.21. The number of halogens is 1. The molecule has 0 radical (unpaired) electrons. The molecule has 0 saturated heterocycles. The molecule has 608 valence electrons. The van der Waals surface area contributed by atoms with Crippen LogP contribution in [-0.4, -0.2) is 81.1 Å². The molecule has 0 fully saturated rings. The summed E-state index contributed by atoms with van der Waals surface area (Å²) in [6.07, 6.45) is 0. The van der Waals surface area contributed by atoms with E-state index in [1.54, 1.807) is 0 Å². The Labute approximate surface area is 706 Å². The lowest BCUT2D eigenvalue weighted by Crippen LogP contribution is -2.21. The van der Waals surface area contributed by atoms with E-state index in [9.17, 15) is 0 Å². The van der Waals surface area contributed by atoms with Gasteiger partial charge in [-0.3, -0.25) is 0 Å². The average Bonchev–Trinajstić information content (AvgIpc) is 0.775. The Morgan fingerprint density at radius 1 is 0.308 bits per heavy atom. The molecular formula is C108H125ClN8-4. The molecule has 0 spiro atoms. The molecule has 0 atom stereocenters. The van der Waals surface area contributed by atoms with Crippen molar-refractivity contribution >= 4 is 116 Å². The normalized spacial score (nSPS) is 10.2. The molecule has 0 amide bonds. The number of fused-ring (bicyclic) bond motifs is 1. The highest BCUT2D eigenvalue weighted by Crippen LogP contribution is 2.35. The second-order valence-electron chi connectivity index (χ2n) is 28.2. The van der Waals surface area contributed by atoms with E-state index in [0.717, 1.165) is 100 Å². The van der Waals surface area contributed by atoms with Crippen molar-refractivity contribution in [2.75, 3.05) is 122 Å². The monoisotopic (exact) mass is 1570 g/mol. The van der Waals surface area contributed by atoms with Gasteiger partial charge in [0.2, 0.25) is 0 Å². The molecule has 0 aliphatic heterocycles. The number of benzene rings is 13. The minimum Gasteiger partial charge on any atom is -0.388 e. The summed E-state index contributed by atoms with van der Waals surface area (Å²) in [5, 5.41) is 25.0. The maximum absolute atomic E-state index is 6.49. The maximum atomic E-state index is 6.49. The third-order valence-electron chi connectivity index (χ3n) is 20.8. The Hall–Kier alpha value is -12.2. The zero-order valence-corrected chi connectivity index (χ0v) is 73.4. The summed E-state index contributed by atoms with van der Waals surface area (Å²) < 4.78 is 0. The molecular weight excluding hydrogens is 1440 g/mol. The van der Waals surface area contributed by atoms with Crippen molar-refractivity contribution in [3.8, 4) is 0 Å². The van der Waals surface area contributed by atoms with Crippen LogP contribution < -0.4 is 82.6 Å². The van der Waals surface area contributed by atoms with Gasteiger partial charge >= 0.3 is 0 Å². The molecule has 0 bridgehead atoms. The number of nitrogens with zero attached hydrogens (tertiary/aromatic N) is 4. The number of nitrogens with one attached hydrogen (secondary N) is 4. The molecule has 13 rings (SSSR count). The first-order valence-electron chi connectivity index (χ1n) is 39.7. The van der Waals surface area contributed by atoms with Gasteiger partial charge in [0.05, 0.1) is 10.7 Å². The van der Waals surface area contributed by atoms with Crippen molar-refractivity contribution in [1.82, 2.24) is 0 Å². The van der Waals surface area contributed by atoms with E-state index in [0.29, 0.717) is 5.02 Å². The van der Waals surface area contributed by atoms with Gasteiger partial charge < -0.3 is 70.6 Å². The van der Waals surface area contributed by atoms with Gasteiger partial charge in [-0.2, -0.15) is 0 Å². The van der Waals surface area contributed by atoms with Crippen LogP contribution in [0.25, 0.3) is 59.4 Å². The van der Waals surface area contributed by atoms with E-state index < -0.39 is 0 Å². The molecule has 0 saturated carbocycles. The fourth-order valence-corrected chi connectivity index (χ4v) is 14.8. The number of anilines is 8. The third kappa shape index (κ3) is 23.7. The fraction of sp³-hybridized carbons (Fsp3) is 0.185. The maximum Gasteiger partial charge on any atom is 0.0643 e. The van der Waals surface area contributed by atoms with Crippen molar-refractivity contribution < 1.29 is 0 Å². The lowest BCUT2D eigenvalue weighted by molar-refractivity contribution is 0.866. The number of rotatable bonds is 23. The Kier molecular flexibility index (Phi) is 36.6. The Morgan fingerprint density at radius 3 is 0.949 bits per heavy atom. The molecule has 0 aromatic heterocycles. The largest absolute Gasteiger partial charge is 0.388 e. The van der Waals surface area contributed by atoms with E-state index >= 15 is 0 Å². The van der Waals surface area contributed by atoms with Gasteiger partial charge in [0, 0.05) is 126 Å². The Bertz CT molecular complexity index is 5720. The van der Waals surface area contributed by atoms with E-state index in [4.69, 9.17) is 11.6 Å². The first-order valence-corrected chi connectivity index (χ1v) is 40.1. The van der Waals surface area contributed by atoms with Crippen molar-refractivity contribution in [2.45, 2.75) is 55.4 Å². The van der Waals surface area contributed by atoms with Crippen molar-refractivity contribution in [3.63, 3.8) is 0 Å². The van der Waals surface area contributed by atoms with Crippen LogP contribution in [0.15, 0.2) is 291 Å². The lowest BCUT2D eigenvalue weighted by atomic mass is 9.90. The van der Waals surface area contributed by atoms with Crippen molar-refractivity contribution in [1.29, 1.82) is 0 Å². The van der Waals surface area contributed by atoms with Crippen LogP contribution in [0, 0.1) is 36.6 Å². The molecule has 0 unspecified atom stereocenters. The molecule has 8 nitrogen and oxygen atoms in total. The van der Waals surface area contributed by atoms with E-state index in [1.165, 1.54) is 116 Å². The molecule has 0 heterocycles. The number of hydrogen-bond acceptors (Lipinski definition) is 8. The summed E-state index contributed by atoms with van der Waals surface area (Å²) in [4.78, 5) is 9.22. The first kappa shape index (κ1) is 93.6. The van der Waals surface area contributed by atoms with Crippen LogP contribution in [0.3, 0.4) is 0 Å². The van der Waals surface area contributed by atoms with Gasteiger partial charge in [0.25, 0.3) is 0 Å². The van der Waals surface area contributed by atoms with Crippen LogP contribution in [0.2, 0.25) is 5.02 Å². The highest BCUT2D eigenvalue weighted by atomic mass is 35.5. The van der Waals surface area contributed by atoms with Crippen molar-refractivity contribution in [2.24, 2.45) is 0 Å². The average molecular weight is 1570 g/mol. The van der Waals surface area contributed by atoms with Crippen LogP contribution in [-0.2, 0) is 0 Å². The zero-order chi connectivity index (χ0) is 80.5. The summed E-state index contributed by atoms with van der Waals surface area (Å²) in [7, 11) is 9.91. The van der Waals surface area contributed by atoms with E-state index in [2.05, 4.69) is 404 Å². The highest BCUT2D eigenvalue weighted by molar-refractivity contribution is 6.33. The Balaban J connectivity index is 0.000000240. The van der Waals surface area contributed by atoms with Crippen LogP contribution in [0.4, 0.5) is 45.5 Å². The first-order chi connectivity index (χ1) is 54.9. The topological polar surface area (TPSA) is 61.1 Å². The van der Waals surface area contributed by atoms with Crippen LogP contribution in [0.1, 0.15) is 98.5 Å². The molecule has 117 heavy (non-hydrogen) atoms. The summed E-state index contributed by atoms with van der Waals surface area (Å²) >= 11 is 6.49. The van der Waals surface area contributed by atoms with E-state index in [1.807, 2.05) is 45.4 Å². The van der Waals surface area contributed by atoms with E-state index in [-0.39, 0.29) is 29.7 Å². The van der Waals surface area contributed by atoms with Gasteiger partial charge in [-0.15, -0.1) is 0 Å². The molecule has 13 aromatic rings. The smallest absolute Gasteiger partial charge is 0.0643 e. The van der Waals surface area contributed by atoms with Crippen molar-refractivity contribution in [3.05, 3.63) is 418 Å².